The molecule has 0 spiro atoms. The van der Waals surface area contributed by atoms with Crippen molar-refractivity contribution in [1.82, 2.24) is 5.32 Å². The van der Waals surface area contributed by atoms with Crippen LogP contribution in [0.15, 0.2) is 30.3 Å². The molecule has 144 valence electrons. The van der Waals surface area contributed by atoms with Crippen molar-refractivity contribution in [1.29, 1.82) is 0 Å². The monoisotopic (exact) mass is 359 g/mol. The summed E-state index contributed by atoms with van der Waals surface area (Å²) in [5, 5.41) is 3.04. The molecule has 4 nitrogen and oxygen atoms in total. The molecule has 0 aliphatic heterocycles. The highest BCUT2D eigenvalue weighted by Crippen LogP contribution is 2.31. The lowest BCUT2D eigenvalue weighted by Gasteiger charge is -2.29. The molecule has 0 aromatic heterocycles. The normalized spacial score (nSPS) is 19.7. The average Bonchev–Trinajstić information content (AvgIpc) is 2.69. The summed E-state index contributed by atoms with van der Waals surface area (Å²) in [4.78, 5) is 25.1. The SMILES string of the molecule is CCCCCCCNC(=O)C1CCCC[C@H]1C(=O)OCc1ccccc1. The Morgan fingerprint density at radius 2 is 1.69 bits per heavy atom. The van der Waals surface area contributed by atoms with Crippen molar-refractivity contribution < 1.29 is 14.3 Å². The Morgan fingerprint density at radius 1 is 1.00 bits per heavy atom. The van der Waals surface area contributed by atoms with Crippen molar-refractivity contribution in [3.63, 3.8) is 0 Å². The Labute approximate surface area is 157 Å². The predicted octanol–water partition coefficient (Wildman–Crippen LogP) is 4.62. The van der Waals surface area contributed by atoms with Gasteiger partial charge in [0.2, 0.25) is 5.91 Å². The van der Waals surface area contributed by atoms with E-state index in [-0.39, 0.29) is 30.3 Å². The minimum Gasteiger partial charge on any atom is -0.461 e. The van der Waals surface area contributed by atoms with Gasteiger partial charge in [0.1, 0.15) is 6.61 Å². The molecule has 0 saturated heterocycles. The summed E-state index contributed by atoms with van der Waals surface area (Å²) in [6.07, 6.45) is 9.41. The number of unbranched alkanes of at least 4 members (excludes halogenated alkanes) is 4. The smallest absolute Gasteiger partial charge is 0.310 e. The zero-order valence-corrected chi connectivity index (χ0v) is 16.0. The Kier molecular flexibility index (Phi) is 9.22. The van der Waals surface area contributed by atoms with Crippen LogP contribution in [0.5, 0.6) is 0 Å². The molecule has 0 radical (unpaired) electrons. The van der Waals surface area contributed by atoms with E-state index in [4.69, 9.17) is 4.74 Å². The van der Waals surface area contributed by atoms with Crippen molar-refractivity contribution in [3.05, 3.63) is 35.9 Å². The maximum Gasteiger partial charge on any atom is 0.310 e. The molecule has 1 N–H and O–H groups in total. The van der Waals surface area contributed by atoms with E-state index in [1.807, 2.05) is 30.3 Å². The van der Waals surface area contributed by atoms with Crippen LogP contribution in [0.2, 0.25) is 0 Å². The average molecular weight is 360 g/mol. The fourth-order valence-corrected chi connectivity index (χ4v) is 3.63. The summed E-state index contributed by atoms with van der Waals surface area (Å²) in [5.74, 6) is -0.728. The molecule has 2 rings (SSSR count). The lowest BCUT2D eigenvalue weighted by atomic mass is 9.78. The Balaban J connectivity index is 1.78. The van der Waals surface area contributed by atoms with Crippen molar-refractivity contribution in [2.45, 2.75) is 71.3 Å². The molecule has 1 aromatic rings. The van der Waals surface area contributed by atoms with Gasteiger partial charge in [0.05, 0.1) is 11.8 Å². The number of amides is 1. The number of rotatable bonds is 10. The molecular formula is C22H33NO3. The van der Waals surface area contributed by atoms with Crippen LogP contribution in [0.4, 0.5) is 0 Å². The first kappa shape index (κ1) is 20.5. The molecular weight excluding hydrogens is 326 g/mol. The van der Waals surface area contributed by atoms with Gasteiger partial charge in [0.15, 0.2) is 0 Å². The molecule has 2 atom stereocenters. The first-order valence-corrected chi connectivity index (χ1v) is 10.2. The van der Waals surface area contributed by atoms with Crippen LogP contribution in [0, 0.1) is 11.8 Å². The second kappa shape index (κ2) is 11.7. The van der Waals surface area contributed by atoms with Crippen molar-refractivity contribution in [2.24, 2.45) is 11.8 Å². The molecule has 1 aliphatic rings. The van der Waals surface area contributed by atoms with Gasteiger partial charge in [-0.1, -0.05) is 75.8 Å². The van der Waals surface area contributed by atoms with Crippen LogP contribution in [0.1, 0.15) is 70.3 Å². The van der Waals surface area contributed by atoms with Gasteiger partial charge in [-0.25, -0.2) is 0 Å². The van der Waals surface area contributed by atoms with Crippen molar-refractivity contribution in [3.8, 4) is 0 Å². The lowest BCUT2D eigenvalue weighted by molar-refractivity contribution is -0.156. The third-order valence-electron chi connectivity index (χ3n) is 5.21. The van der Waals surface area contributed by atoms with Crippen LogP contribution < -0.4 is 5.32 Å². The van der Waals surface area contributed by atoms with Crippen molar-refractivity contribution >= 4 is 11.9 Å². The predicted molar refractivity (Wildman–Crippen MR) is 103 cm³/mol. The number of ether oxygens (including phenoxy) is 1. The maximum absolute atomic E-state index is 12.6. The molecule has 0 bridgehead atoms. The second-order valence-corrected chi connectivity index (χ2v) is 7.30. The Morgan fingerprint density at radius 3 is 2.42 bits per heavy atom. The van der Waals surface area contributed by atoms with Gasteiger partial charge in [-0.2, -0.15) is 0 Å². The molecule has 1 fully saturated rings. The number of hydrogen-bond acceptors (Lipinski definition) is 3. The fraction of sp³-hybridized carbons (Fsp3) is 0.636. The van der Waals surface area contributed by atoms with E-state index in [2.05, 4.69) is 12.2 Å². The molecule has 1 saturated carbocycles. The summed E-state index contributed by atoms with van der Waals surface area (Å²) in [6.45, 7) is 3.19. The number of hydrogen-bond donors (Lipinski definition) is 1. The van der Waals surface area contributed by atoms with E-state index in [0.29, 0.717) is 6.54 Å². The number of carbonyl (C=O) groups is 2. The van der Waals surface area contributed by atoms with Gasteiger partial charge < -0.3 is 10.1 Å². The first-order chi connectivity index (χ1) is 12.7. The molecule has 4 heteroatoms. The van der Waals surface area contributed by atoms with Crippen LogP contribution in [-0.2, 0) is 20.9 Å². The van der Waals surface area contributed by atoms with Gasteiger partial charge in [0.25, 0.3) is 0 Å². The van der Waals surface area contributed by atoms with E-state index in [9.17, 15) is 9.59 Å². The van der Waals surface area contributed by atoms with E-state index >= 15 is 0 Å². The van der Waals surface area contributed by atoms with Gasteiger partial charge >= 0.3 is 5.97 Å². The molecule has 1 aliphatic carbocycles. The third-order valence-corrected chi connectivity index (χ3v) is 5.21. The van der Waals surface area contributed by atoms with Gasteiger partial charge in [0, 0.05) is 6.54 Å². The number of esters is 1. The number of carbonyl (C=O) groups excluding carboxylic acids is 2. The third kappa shape index (κ3) is 6.81. The minimum atomic E-state index is -0.299. The quantitative estimate of drug-likeness (QED) is 0.490. The first-order valence-electron chi connectivity index (χ1n) is 10.2. The zero-order valence-electron chi connectivity index (χ0n) is 16.0. The Hall–Kier alpha value is -1.84. The lowest BCUT2D eigenvalue weighted by Crippen LogP contribution is -2.40. The highest BCUT2D eigenvalue weighted by molar-refractivity contribution is 5.85. The summed E-state index contributed by atoms with van der Waals surface area (Å²) in [5.41, 5.74) is 0.977. The molecule has 1 aromatic carbocycles. The fourth-order valence-electron chi connectivity index (χ4n) is 3.63. The molecule has 0 heterocycles. The Bertz CT molecular complexity index is 544. The van der Waals surface area contributed by atoms with Crippen LogP contribution in [-0.4, -0.2) is 18.4 Å². The zero-order chi connectivity index (χ0) is 18.6. The summed E-state index contributed by atoms with van der Waals surface area (Å²) in [7, 11) is 0. The molecule has 1 unspecified atom stereocenters. The molecule has 1 amide bonds. The topological polar surface area (TPSA) is 55.4 Å². The van der Waals surface area contributed by atoms with Gasteiger partial charge in [-0.05, 0) is 24.8 Å². The molecule has 26 heavy (non-hydrogen) atoms. The van der Waals surface area contributed by atoms with Crippen LogP contribution in [0.3, 0.4) is 0 Å². The van der Waals surface area contributed by atoms with E-state index in [1.54, 1.807) is 0 Å². The van der Waals surface area contributed by atoms with Gasteiger partial charge in [-0.15, -0.1) is 0 Å². The van der Waals surface area contributed by atoms with E-state index in [0.717, 1.165) is 44.1 Å². The second-order valence-electron chi connectivity index (χ2n) is 7.30. The minimum absolute atomic E-state index is 0.0295. The maximum atomic E-state index is 12.6. The highest BCUT2D eigenvalue weighted by atomic mass is 16.5. The van der Waals surface area contributed by atoms with E-state index < -0.39 is 0 Å². The van der Waals surface area contributed by atoms with Crippen LogP contribution >= 0.6 is 0 Å². The summed E-state index contributed by atoms with van der Waals surface area (Å²) < 4.78 is 5.50. The number of benzene rings is 1. The van der Waals surface area contributed by atoms with Crippen molar-refractivity contribution in [2.75, 3.05) is 6.54 Å². The van der Waals surface area contributed by atoms with E-state index in [1.165, 1.54) is 19.3 Å². The standard InChI is InChI=1S/C22H33NO3/c1-2-3-4-5-11-16-23-21(24)19-14-9-10-15-20(19)22(25)26-17-18-12-7-6-8-13-18/h6-8,12-13,19-20H,2-5,9-11,14-17H2,1H3,(H,23,24)/t19?,20-/m1/s1. The highest BCUT2D eigenvalue weighted by Gasteiger charge is 2.36. The summed E-state index contributed by atoms with van der Waals surface area (Å²) >= 11 is 0. The largest absolute Gasteiger partial charge is 0.461 e. The summed E-state index contributed by atoms with van der Waals surface area (Å²) in [6, 6.07) is 9.68. The van der Waals surface area contributed by atoms with Crippen LogP contribution in [0.25, 0.3) is 0 Å². The van der Waals surface area contributed by atoms with Gasteiger partial charge in [-0.3, -0.25) is 9.59 Å². The number of nitrogens with one attached hydrogen (secondary N) is 1.